The van der Waals surface area contributed by atoms with Crippen LogP contribution < -0.4 is 4.74 Å². The average Bonchev–Trinajstić information content (AvgIpc) is 3.32. The number of methoxy groups -OCH3 is 1. The fourth-order valence-corrected chi connectivity index (χ4v) is 4.25. The van der Waals surface area contributed by atoms with Crippen molar-refractivity contribution < 1.29 is 28.2 Å². The maximum absolute atomic E-state index is 14.6. The van der Waals surface area contributed by atoms with E-state index < -0.39 is 23.2 Å². The normalized spacial score (nSPS) is 16.7. The van der Waals surface area contributed by atoms with E-state index >= 15 is 0 Å². The number of halogens is 2. The molecular weight excluding hydrogens is 446 g/mol. The van der Waals surface area contributed by atoms with E-state index in [1.165, 1.54) is 30.5 Å². The molecule has 0 spiro atoms. The number of carbonyl (C=O) groups is 1. The van der Waals surface area contributed by atoms with Gasteiger partial charge in [-0.15, -0.1) is 0 Å². The van der Waals surface area contributed by atoms with Gasteiger partial charge in [-0.1, -0.05) is 18.2 Å². The second-order valence-corrected chi connectivity index (χ2v) is 8.33. The average molecular weight is 472 g/mol. The molecule has 1 unspecified atom stereocenters. The molecule has 3 aromatic rings. The third-order valence-electron chi connectivity index (χ3n) is 5.94. The summed E-state index contributed by atoms with van der Waals surface area (Å²) in [5, 5.41) is 15.5. The summed E-state index contributed by atoms with van der Waals surface area (Å²) in [7, 11) is 1.50. The van der Waals surface area contributed by atoms with E-state index in [9.17, 15) is 18.7 Å². The Labute approximate surface area is 195 Å². The van der Waals surface area contributed by atoms with E-state index in [1.54, 1.807) is 24.3 Å². The molecule has 1 aliphatic heterocycles. The minimum atomic E-state index is -1.67. The van der Waals surface area contributed by atoms with Gasteiger partial charge in [0.25, 0.3) is 0 Å². The molecule has 180 valence electrons. The summed E-state index contributed by atoms with van der Waals surface area (Å²) in [4.78, 5) is 18.4. The minimum Gasteiger partial charge on any atom is -0.496 e. The van der Waals surface area contributed by atoms with Crippen LogP contribution >= 0.6 is 0 Å². The van der Waals surface area contributed by atoms with Crippen LogP contribution in [0.1, 0.15) is 28.8 Å². The van der Waals surface area contributed by atoms with Crippen molar-refractivity contribution in [3.05, 3.63) is 77.9 Å². The van der Waals surface area contributed by atoms with Crippen LogP contribution in [0.15, 0.2) is 55.1 Å². The highest BCUT2D eigenvalue weighted by Crippen LogP contribution is 2.29. The Morgan fingerprint density at radius 3 is 2.62 bits per heavy atom. The van der Waals surface area contributed by atoms with Crippen molar-refractivity contribution in [2.75, 3.05) is 26.7 Å². The molecule has 2 heterocycles. The number of hydrogen-bond acceptors (Lipinski definition) is 7. The number of esters is 1. The van der Waals surface area contributed by atoms with Crippen molar-refractivity contribution in [1.29, 1.82) is 0 Å². The number of aliphatic hydroxyl groups is 1. The minimum absolute atomic E-state index is 0.0193. The molecular formula is C24H26F2N4O4. The maximum Gasteiger partial charge on any atom is 0.342 e. The van der Waals surface area contributed by atoms with Gasteiger partial charge in [0.15, 0.2) is 0 Å². The van der Waals surface area contributed by atoms with E-state index in [4.69, 9.17) is 9.47 Å². The number of nitrogens with zero attached hydrogens (tertiary/aromatic N) is 4. The largest absolute Gasteiger partial charge is 0.496 e. The number of hydrogen-bond donors (Lipinski definition) is 1. The van der Waals surface area contributed by atoms with Gasteiger partial charge in [-0.2, -0.15) is 5.10 Å². The quantitative estimate of drug-likeness (QED) is 0.504. The summed E-state index contributed by atoms with van der Waals surface area (Å²) in [6.07, 6.45) is 3.55. The topological polar surface area (TPSA) is 89.7 Å². The Kier molecular flexibility index (Phi) is 7.18. The molecule has 1 aliphatic rings. The van der Waals surface area contributed by atoms with Crippen LogP contribution in [0, 0.1) is 11.6 Å². The van der Waals surface area contributed by atoms with Gasteiger partial charge in [0.1, 0.15) is 47.3 Å². The predicted molar refractivity (Wildman–Crippen MR) is 118 cm³/mol. The number of aromatic nitrogens is 3. The standard InChI is InChI=1S/C24H26F2N4O4/c1-33-22-5-3-2-4-19(22)23(31)34-18-8-10-29(11-9-18)13-24(32,14-30-16-27-15-28-30)20-7-6-17(25)12-21(20)26/h2-7,12,15-16,18,32H,8-11,13-14H2,1H3. The highest BCUT2D eigenvalue weighted by atomic mass is 19.1. The molecule has 1 saturated heterocycles. The first-order valence-electron chi connectivity index (χ1n) is 10.9. The summed E-state index contributed by atoms with van der Waals surface area (Å²) in [6, 6.07) is 10.00. The van der Waals surface area contributed by atoms with Crippen LogP contribution in [-0.4, -0.2) is 63.6 Å². The highest BCUT2D eigenvalue weighted by molar-refractivity contribution is 5.92. The van der Waals surface area contributed by atoms with Crippen LogP contribution in [-0.2, 0) is 16.9 Å². The third-order valence-corrected chi connectivity index (χ3v) is 5.94. The van der Waals surface area contributed by atoms with Crippen molar-refractivity contribution in [3.8, 4) is 5.75 Å². The van der Waals surface area contributed by atoms with Crippen LogP contribution in [0.4, 0.5) is 8.78 Å². The summed E-state index contributed by atoms with van der Waals surface area (Å²) in [5.41, 5.74) is -1.33. The van der Waals surface area contributed by atoms with Crippen molar-refractivity contribution in [2.45, 2.75) is 31.1 Å². The van der Waals surface area contributed by atoms with Crippen LogP contribution in [0.3, 0.4) is 0 Å². The molecule has 1 N–H and O–H groups in total. The molecule has 0 saturated carbocycles. The number of benzene rings is 2. The number of piperidine rings is 1. The SMILES string of the molecule is COc1ccccc1C(=O)OC1CCN(CC(O)(Cn2cncn2)c2ccc(F)cc2F)CC1. The zero-order valence-corrected chi connectivity index (χ0v) is 18.7. The van der Waals surface area contributed by atoms with Crippen molar-refractivity contribution >= 4 is 5.97 Å². The Hall–Kier alpha value is -3.37. The first-order valence-corrected chi connectivity index (χ1v) is 10.9. The highest BCUT2D eigenvalue weighted by Gasteiger charge is 2.37. The van der Waals surface area contributed by atoms with Gasteiger partial charge >= 0.3 is 5.97 Å². The van der Waals surface area contributed by atoms with Crippen molar-refractivity contribution in [3.63, 3.8) is 0 Å². The molecule has 0 bridgehead atoms. The first kappa shape index (κ1) is 23.8. The van der Waals surface area contributed by atoms with E-state index in [-0.39, 0.29) is 24.8 Å². The summed E-state index contributed by atoms with van der Waals surface area (Å²) < 4.78 is 40.4. The van der Waals surface area contributed by atoms with Crippen molar-refractivity contribution in [1.82, 2.24) is 19.7 Å². The summed E-state index contributed by atoms with van der Waals surface area (Å²) in [6.45, 7) is 1.07. The van der Waals surface area contributed by atoms with Gasteiger partial charge in [0.2, 0.25) is 0 Å². The van der Waals surface area contributed by atoms with Gasteiger partial charge in [0.05, 0.1) is 13.7 Å². The number of rotatable bonds is 8. The molecule has 4 rings (SSSR count). The van der Waals surface area contributed by atoms with Crippen LogP contribution in [0.5, 0.6) is 5.75 Å². The summed E-state index contributed by atoms with van der Waals surface area (Å²) >= 11 is 0. The van der Waals surface area contributed by atoms with E-state index in [0.29, 0.717) is 37.2 Å². The second kappa shape index (κ2) is 10.3. The lowest BCUT2D eigenvalue weighted by atomic mass is 9.91. The first-order chi connectivity index (χ1) is 16.4. The Balaban J connectivity index is 1.42. The van der Waals surface area contributed by atoms with E-state index in [2.05, 4.69) is 10.1 Å². The lowest BCUT2D eigenvalue weighted by Crippen LogP contribution is -2.48. The van der Waals surface area contributed by atoms with E-state index in [1.807, 2.05) is 4.90 Å². The molecule has 0 aliphatic carbocycles. The maximum atomic E-state index is 14.6. The number of ether oxygens (including phenoxy) is 2. The molecule has 0 radical (unpaired) electrons. The van der Waals surface area contributed by atoms with Crippen molar-refractivity contribution in [2.24, 2.45) is 0 Å². The number of carbonyl (C=O) groups excluding carboxylic acids is 1. The van der Waals surface area contributed by atoms with Crippen LogP contribution in [0.2, 0.25) is 0 Å². The van der Waals surface area contributed by atoms with Crippen LogP contribution in [0.25, 0.3) is 0 Å². The van der Waals surface area contributed by atoms with Gasteiger partial charge in [-0.25, -0.2) is 23.2 Å². The third kappa shape index (κ3) is 5.40. The Morgan fingerprint density at radius 1 is 1.18 bits per heavy atom. The number of β-amino-alcohol motifs (C(OH)–C–C–N with tert-alkyl or cyclic N) is 1. The molecule has 34 heavy (non-hydrogen) atoms. The van der Waals surface area contributed by atoms with Gasteiger partial charge < -0.3 is 14.6 Å². The predicted octanol–water partition coefficient (Wildman–Crippen LogP) is 2.77. The smallest absolute Gasteiger partial charge is 0.342 e. The van der Waals surface area contributed by atoms with Gasteiger partial charge in [0, 0.05) is 31.3 Å². The zero-order chi connectivity index (χ0) is 24.1. The molecule has 2 aromatic carbocycles. The second-order valence-electron chi connectivity index (χ2n) is 8.33. The number of likely N-dealkylation sites (tertiary alicyclic amines) is 1. The molecule has 1 atom stereocenters. The van der Waals surface area contributed by atoms with Gasteiger partial charge in [-0.05, 0) is 31.0 Å². The molecule has 1 fully saturated rings. The lowest BCUT2D eigenvalue weighted by molar-refractivity contribution is -0.0397. The molecule has 1 aromatic heterocycles. The lowest BCUT2D eigenvalue weighted by Gasteiger charge is -2.38. The molecule has 8 nitrogen and oxygen atoms in total. The van der Waals surface area contributed by atoms with E-state index in [0.717, 1.165) is 12.1 Å². The fraction of sp³-hybridized carbons (Fsp3) is 0.375. The fourth-order valence-electron chi connectivity index (χ4n) is 4.25. The monoisotopic (exact) mass is 472 g/mol. The Morgan fingerprint density at radius 2 is 1.94 bits per heavy atom. The number of para-hydroxylation sites is 1. The van der Waals surface area contributed by atoms with Gasteiger partial charge in [-0.3, -0.25) is 4.90 Å². The molecule has 10 heteroatoms. The zero-order valence-electron chi connectivity index (χ0n) is 18.7. The summed E-state index contributed by atoms with van der Waals surface area (Å²) in [5.74, 6) is -1.55. The molecule has 0 amide bonds. The Bertz CT molecular complexity index is 1120.